The Morgan fingerprint density at radius 2 is 2.60 bits per heavy atom. The quantitative estimate of drug-likeness (QED) is 0.848. The molecule has 0 saturated carbocycles. The number of nitrogens with zero attached hydrogens (tertiary/aromatic N) is 2. The van der Waals surface area contributed by atoms with Crippen LogP contribution in [0.2, 0.25) is 4.47 Å². The van der Waals surface area contributed by atoms with Crippen LogP contribution in [0.4, 0.5) is 0 Å². The van der Waals surface area contributed by atoms with Gasteiger partial charge in [-0.2, -0.15) is 0 Å². The van der Waals surface area contributed by atoms with Gasteiger partial charge in [-0.1, -0.05) is 11.6 Å². The van der Waals surface area contributed by atoms with E-state index in [-0.39, 0.29) is 0 Å². The van der Waals surface area contributed by atoms with E-state index in [1.165, 1.54) is 11.3 Å². The van der Waals surface area contributed by atoms with Gasteiger partial charge in [0, 0.05) is 30.7 Å². The smallest absolute Gasteiger partial charge is 0.183 e. The third-order valence-corrected chi connectivity index (χ3v) is 3.34. The van der Waals surface area contributed by atoms with E-state index in [9.17, 15) is 5.11 Å². The Balaban J connectivity index is 1.92. The number of hydrogen-bond acceptors (Lipinski definition) is 5. The molecular weight excluding hydrogens is 236 g/mol. The molecule has 1 aromatic heterocycles. The maximum atomic E-state index is 9.54. The highest BCUT2D eigenvalue weighted by Crippen LogP contribution is 2.19. The average molecular weight is 249 g/mol. The average Bonchev–Trinajstić information content (AvgIpc) is 2.46. The van der Waals surface area contributed by atoms with E-state index in [0.29, 0.717) is 24.2 Å². The predicted octanol–water partition coefficient (Wildman–Crippen LogP) is 0.990. The Morgan fingerprint density at radius 3 is 3.33 bits per heavy atom. The summed E-state index contributed by atoms with van der Waals surface area (Å²) >= 11 is 7.23. The lowest BCUT2D eigenvalue weighted by Crippen LogP contribution is -2.31. The van der Waals surface area contributed by atoms with Crippen LogP contribution >= 0.6 is 22.9 Å². The lowest BCUT2D eigenvalue weighted by molar-refractivity contribution is 0.0562. The van der Waals surface area contributed by atoms with Crippen molar-refractivity contribution in [2.24, 2.45) is 0 Å². The van der Waals surface area contributed by atoms with Crippen molar-refractivity contribution in [3.63, 3.8) is 0 Å². The number of thiazole rings is 1. The summed E-state index contributed by atoms with van der Waals surface area (Å²) in [5, 5.41) is 9.54. The summed E-state index contributed by atoms with van der Waals surface area (Å²) in [4.78, 5) is 7.26. The van der Waals surface area contributed by atoms with Crippen LogP contribution in [-0.4, -0.2) is 47.4 Å². The second-order valence-electron chi connectivity index (χ2n) is 3.54. The van der Waals surface area contributed by atoms with Gasteiger partial charge < -0.3 is 9.84 Å². The van der Waals surface area contributed by atoms with Crippen molar-refractivity contribution in [1.82, 2.24) is 9.88 Å². The molecule has 0 aliphatic carbocycles. The highest BCUT2D eigenvalue weighted by atomic mass is 35.5. The highest BCUT2D eigenvalue weighted by Gasteiger charge is 2.17. The molecule has 0 amide bonds. The number of hydrogen-bond donors (Lipinski definition) is 1. The van der Waals surface area contributed by atoms with E-state index < -0.39 is 6.10 Å². The summed E-state index contributed by atoms with van der Waals surface area (Å²) in [6.45, 7) is 3.37. The summed E-state index contributed by atoms with van der Waals surface area (Å²) in [5.74, 6) is 0. The number of ether oxygens (including phenoxy) is 1. The monoisotopic (exact) mass is 248 g/mol. The lowest BCUT2D eigenvalue weighted by Gasteiger charge is -2.19. The van der Waals surface area contributed by atoms with Crippen molar-refractivity contribution < 1.29 is 9.84 Å². The largest absolute Gasteiger partial charge is 0.389 e. The van der Waals surface area contributed by atoms with Gasteiger partial charge >= 0.3 is 0 Å². The molecule has 4 nitrogen and oxygen atoms in total. The Hall–Kier alpha value is -0.200. The molecule has 1 aromatic rings. The number of aliphatic hydroxyl groups excluding tert-OH is 1. The molecule has 1 aliphatic rings. The normalized spacial score (nSPS) is 24.0. The molecule has 1 unspecified atom stereocenters. The van der Waals surface area contributed by atoms with Crippen LogP contribution in [0, 0.1) is 0 Å². The minimum absolute atomic E-state index is 0.393. The molecule has 1 N–H and O–H groups in total. The first-order valence-electron chi connectivity index (χ1n) is 4.82. The van der Waals surface area contributed by atoms with Gasteiger partial charge in [0.25, 0.3) is 0 Å². The summed E-state index contributed by atoms with van der Waals surface area (Å²) in [6, 6.07) is 0. The number of rotatable bonds is 2. The van der Waals surface area contributed by atoms with Crippen molar-refractivity contribution in [2.75, 3.05) is 26.3 Å². The predicted molar refractivity (Wildman–Crippen MR) is 59.2 cm³/mol. The van der Waals surface area contributed by atoms with Crippen LogP contribution in [0.5, 0.6) is 0 Å². The number of aromatic nitrogens is 1. The van der Waals surface area contributed by atoms with Crippen LogP contribution in [0.15, 0.2) is 6.20 Å². The number of β-amino-alcohol motifs (C(OH)–C–C–N with tert-alkyl or cyclic N) is 1. The third-order valence-electron chi connectivity index (χ3n) is 2.24. The first kappa shape index (κ1) is 11.3. The minimum Gasteiger partial charge on any atom is -0.389 e. The first-order valence-corrected chi connectivity index (χ1v) is 6.02. The fourth-order valence-electron chi connectivity index (χ4n) is 1.58. The van der Waals surface area contributed by atoms with Crippen molar-refractivity contribution >= 4 is 22.9 Å². The molecule has 1 fully saturated rings. The van der Waals surface area contributed by atoms with E-state index in [1.807, 2.05) is 0 Å². The third kappa shape index (κ3) is 3.39. The zero-order valence-corrected chi connectivity index (χ0v) is 9.80. The van der Waals surface area contributed by atoms with Crippen LogP contribution in [0.25, 0.3) is 0 Å². The van der Waals surface area contributed by atoms with Crippen molar-refractivity contribution in [1.29, 1.82) is 0 Å². The molecule has 1 aliphatic heterocycles. The SMILES string of the molecule is OC1COCCN(Cc2cnc(Cl)s2)C1. The zero-order chi connectivity index (χ0) is 10.7. The van der Waals surface area contributed by atoms with Crippen LogP contribution in [-0.2, 0) is 11.3 Å². The molecule has 15 heavy (non-hydrogen) atoms. The van der Waals surface area contributed by atoms with Gasteiger partial charge in [0.05, 0.1) is 19.3 Å². The summed E-state index contributed by atoms with van der Waals surface area (Å²) in [5.41, 5.74) is 0. The van der Waals surface area contributed by atoms with Crippen LogP contribution < -0.4 is 0 Å². The molecule has 0 bridgehead atoms. The molecular formula is C9H13ClN2O2S. The van der Waals surface area contributed by atoms with Crippen molar-refractivity contribution in [3.8, 4) is 0 Å². The minimum atomic E-state index is -0.393. The van der Waals surface area contributed by atoms with Gasteiger partial charge in [-0.05, 0) is 0 Å². The molecule has 2 heterocycles. The molecule has 84 valence electrons. The van der Waals surface area contributed by atoms with E-state index in [2.05, 4.69) is 9.88 Å². The highest BCUT2D eigenvalue weighted by molar-refractivity contribution is 7.15. The van der Waals surface area contributed by atoms with Gasteiger partial charge in [-0.25, -0.2) is 4.98 Å². The summed E-state index contributed by atoms with van der Waals surface area (Å²) < 4.78 is 5.82. The molecule has 2 rings (SSSR count). The standard InChI is InChI=1S/C9H13ClN2O2S/c10-9-11-3-8(15-9)5-12-1-2-14-6-7(13)4-12/h3,7,13H,1-2,4-6H2. The maximum Gasteiger partial charge on any atom is 0.183 e. The van der Waals surface area contributed by atoms with Crippen molar-refractivity contribution in [3.05, 3.63) is 15.5 Å². The Bertz CT molecular complexity index is 321. The fraction of sp³-hybridized carbons (Fsp3) is 0.667. The van der Waals surface area contributed by atoms with Gasteiger partial charge in [0.15, 0.2) is 4.47 Å². The fourth-order valence-corrected chi connectivity index (χ4v) is 2.60. The Labute approximate surface area is 97.4 Å². The van der Waals surface area contributed by atoms with E-state index in [0.717, 1.165) is 18.0 Å². The molecule has 0 aromatic carbocycles. The van der Waals surface area contributed by atoms with E-state index >= 15 is 0 Å². The van der Waals surface area contributed by atoms with Gasteiger partial charge in [-0.3, -0.25) is 4.90 Å². The van der Waals surface area contributed by atoms with Crippen molar-refractivity contribution in [2.45, 2.75) is 12.6 Å². The lowest BCUT2D eigenvalue weighted by atomic mass is 10.3. The van der Waals surface area contributed by atoms with Gasteiger partial charge in [0.1, 0.15) is 0 Å². The molecule has 0 spiro atoms. The molecule has 1 atom stereocenters. The number of aliphatic hydroxyl groups is 1. The molecule has 6 heteroatoms. The van der Waals surface area contributed by atoms with Crippen LogP contribution in [0.1, 0.15) is 4.88 Å². The number of halogens is 1. The maximum absolute atomic E-state index is 9.54. The summed E-state index contributed by atoms with van der Waals surface area (Å²) in [7, 11) is 0. The Morgan fingerprint density at radius 1 is 1.73 bits per heavy atom. The van der Waals surface area contributed by atoms with Gasteiger partial charge in [0.2, 0.25) is 0 Å². The summed E-state index contributed by atoms with van der Waals surface area (Å²) in [6.07, 6.45) is 1.39. The van der Waals surface area contributed by atoms with Crippen LogP contribution in [0.3, 0.4) is 0 Å². The molecule has 1 saturated heterocycles. The first-order chi connectivity index (χ1) is 7.24. The second kappa shape index (κ2) is 5.23. The van der Waals surface area contributed by atoms with Gasteiger partial charge in [-0.15, -0.1) is 11.3 Å². The zero-order valence-electron chi connectivity index (χ0n) is 8.23. The topological polar surface area (TPSA) is 45.6 Å². The van der Waals surface area contributed by atoms with E-state index in [4.69, 9.17) is 16.3 Å². The second-order valence-corrected chi connectivity index (χ2v) is 5.24. The van der Waals surface area contributed by atoms with E-state index in [1.54, 1.807) is 6.20 Å². The Kier molecular flexibility index (Phi) is 3.93. The molecule has 0 radical (unpaired) electrons.